The van der Waals surface area contributed by atoms with Crippen LogP contribution in [0.1, 0.15) is 66.0 Å². The lowest BCUT2D eigenvalue weighted by atomic mass is 9.88. The normalized spacial score (nSPS) is 19.8. The lowest BCUT2D eigenvalue weighted by Gasteiger charge is -2.36. The first kappa shape index (κ1) is 68.9. The van der Waals surface area contributed by atoms with Crippen LogP contribution in [-0.2, 0) is 37.3 Å². The summed E-state index contributed by atoms with van der Waals surface area (Å²) in [5.41, 5.74) is 3.27. The third-order valence-corrected chi connectivity index (χ3v) is 19.5. The van der Waals surface area contributed by atoms with Crippen LogP contribution in [0.4, 0.5) is 0 Å². The van der Waals surface area contributed by atoms with Crippen LogP contribution >= 0.6 is 0 Å². The number of carbonyl (C=O) groups excluding carboxylic acids is 2. The average molecular weight is 1220 g/mol. The summed E-state index contributed by atoms with van der Waals surface area (Å²) in [5, 5.41) is 21.2. The fraction of sp³-hybridized carbons (Fsp3) is 0.441. The summed E-state index contributed by atoms with van der Waals surface area (Å²) in [4.78, 5) is 36.0. The molecule has 4 heterocycles. The maximum Gasteiger partial charge on any atom is 0.343 e. The zero-order valence-corrected chi connectivity index (χ0v) is 51.3. The molecule has 0 radical (unpaired) electrons. The van der Waals surface area contributed by atoms with Crippen molar-refractivity contribution in [3.63, 3.8) is 0 Å². The number of likely N-dealkylation sites (tertiary alicyclic amines) is 2. The molecule has 0 aromatic heterocycles. The Labute approximate surface area is 512 Å². The first-order chi connectivity index (χ1) is 41.1. The summed E-state index contributed by atoms with van der Waals surface area (Å²) in [6.45, 7) is 19.1. The maximum absolute atomic E-state index is 12.8. The molecule has 0 unspecified atom stereocenters. The highest BCUT2D eigenvalue weighted by Crippen LogP contribution is 2.26. The number of hydrogen-bond acceptors (Lipinski definition) is 16. The van der Waals surface area contributed by atoms with Gasteiger partial charge in [0.1, 0.15) is 11.5 Å². The van der Waals surface area contributed by atoms with Crippen LogP contribution in [0.2, 0.25) is 0 Å². The Morgan fingerprint density at radius 3 is 1.16 bits per heavy atom. The molecule has 2 N–H and O–H groups in total. The van der Waals surface area contributed by atoms with Crippen LogP contribution in [0.3, 0.4) is 0 Å². The molecule has 0 amide bonds. The molecule has 6 aromatic carbocycles. The van der Waals surface area contributed by atoms with E-state index in [0.717, 1.165) is 65.1 Å². The SMILES string of the molecule is C.CCN1CCN(C)CC1.CCN1CCOCC1.O=C(Oc1ccc(S(=O)(=O)CCN2CC[C@H](Cc3ccccc3)[C@H](O)C2)cc1)c1ccccc1.O=C(Oc1ccc(S(=O)(=O)CCN2CC[C@H](Cc3ccccc3)[C@H](O)C2)cc1)c1ccccc1. The molecular formula is C68H91N5O11S2. The fourth-order valence-corrected chi connectivity index (χ4v) is 13.1. The summed E-state index contributed by atoms with van der Waals surface area (Å²) in [5.74, 6) is -0.121. The van der Waals surface area contributed by atoms with Crippen LogP contribution in [0.25, 0.3) is 0 Å². The molecule has 4 atom stereocenters. The van der Waals surface area contributed by atoms with E-state index in [0.29, 0.717) is 37.3 Å². The molecule has 0 saturated carbocycles. The molecule has 18 heteroatoms. The number of nitrogens with zero attached hydrogens (tertiary/aromatic N) is 5. The smallest absolute Gasteiger partial charge is 0.343 e. The fourth-order valence-electron chi connectivity index (χ4n) is 10.5. The van der Waals surface area contributed by atoms with Crippen molar-refractivity contribution in [2.45, 2.75) is 69.0 Å². The Balaban J connectivity index is 0.000000214. The van der Waals surface area contributed by atoms with Crippen molar-refractivity contribution in [1.82, 2.24) is 24.5 Å². The van der Waals surface area contributed by atoms with E-state index < -0.39 is 43.8 Å². The zero-order valence-electron chi connectivity index (χ0n) is 49.7. The van der Waals surface area contributed by atoms with E-state index >= 15 is 0 Å². The number of piperazine rings is 1. The van der Waals surface area contributed by atoms with Gasteiger partial charge in [-0.3, -0.25) is 14.7 Å². The van der Waals surface area contributed by atoms with Crippen LogP contribution in [0.15, 0.2) is 180 Å². The highest BCUT2D eigenvalue weighted by molar-refractivity contribution is 7.91. The van der Waals surface area contributed by atoms with E-state index in [1.165, 1.54) is 98.9 Å². The van der Waals surface area contributed by atoms with E-state index in [4.69, 9.17) is 14.2 Å². The number of aliphatic hydroxyl groups is 2. The average Bonchev–Trinajstić information content (AvgIpc) is 3.53. The van der Waals surface area contributed by atoms with Crippen molar-refractivity contribution in [2.75, 3.05) is 123 Å². The quantitative estimate of drug-likeness (QED) is 0.0616. The highest BCUT2D eigenvalue weighted by Gasteiger charge is 2.30. The van der Waals surface area contributed by atoms with Crippen LogP contribution in [-0.4, -0.2) is 199 Å². The van der Waals surface area contributed by atoms with Crippen LogP contribution in [0, 0.1) is 11.8 Å². The van der Waals surface area contributed by atoms with E-state index in [2.05, 4.69) is 59.9 Å². The number of likely N-dealkylation sites (N-methyl/N-ethyl adjacent to an activating group) is 3. The van der Waals surface area contributed by atoms with Gasteiger partial charge in [-0.25, -0.2) is 26.4 Å². The van der Waals surface area contributed by atoms with Crippen molar-refractivity contribution < 1.29 is 50.8 Å². The Morgan fingerprint density at radius 1 is 0.477 bits per heavy atom. The molecule has 6 aromatic rings. The van der Waals surface area contributed by atoms with Gasteiger partial charge >= 0.3 is 11.9 Å². The van der Waals surface area contributed by atoms with Gasteiger partial charge in [-0.2, -0.15) is 0 Å². The predicted molar refractivity (Wildman–Crippen MR) is 340 cm³/mol. The Hall–Kier alpha value is -6.16. The zero-order chi connectivity index (χ0) is 60.4. The Bertz CT molecular complexity index is 2930. The van der Waals surface area contributed by atoms with Gasteiger partial charge < -0.3 is 34.2 Å². The summed E-state index contributed by atoms with van der Waals surface area (Å²) < 4.78 is 67.1. The number of esters is 2. The molecule has 4 aliphatic rings. The second kappa shape index (κ2) is 35.6. The minimum absolute atomic E-state index is 0. The van der Waals surface area contributed by atoms with Gasteiger partial charge in [0.05, 0.1) is 57.8 Å². The molecule has 4 aliphatic heterocycles. The molecular weight excluding hydrogens is 1130 g/mol. The van der Waals surface area contributed by atoms with Crippen molar-refractivity contribution in [2.24, 2.45) is 11.8 Å². The predicted octanol–water partition coefficient (Wildman–Crippen LogP) is 8.44. The van der Waals surface area contributed by atoms with Gasteiger partial charge in [-0.15, -0.1) is 0 Å². The first-order valence-electron chi connectivity index (χ1n) is 29.9. The van der Waals surface area contributed by atoms with Gasteiger partial charge in [0.15, 0.2) is 19.7 Å². The molecule has 0 aliphatic carbocycles. The molecule has 0 bridgehead atoms. The van der Waals surface area contributed by atoms with Crippen LogP contribution < -0.4 is 9.47 Å². The van der Waals surface area contributed by atoms with Crippen molar-refractivity contribution in [3.05, 3.63) is 192 Å². The summed E-state index contributed by atoms with van der Waals surface area (Å²) in [6.07, 6.45) is 2.37. The third kappa shape index (κ3) is 22.8. The third-order valence-electron chi connectivity index (χ3n) is 16.0. The van der Waals surface area contributed by atoms with E-state index in [1.54, 1.807) is 48.5 Å². The van der Waals surface area contributed by atoms with Gasteiger partial charge in [0.2, 0.25) is 0 Å². The number of hydrogen-bond donors (Lipinski definition) is 2. The summed E-state index contributed by atoms with van der Waals surface area (Å²) in [6, 6.07) is 49.3. The Morgan fingerprint density at radius 2 is 0.826 bits per heavy atom. The number of ether oxygens (including phenoxy) is 3. The molecule has 4 saturated heterocycles. The number of piperidine rings is 2. The number of benzene rings is 6. The lowest BCUT2D eigenvalue weighted by molar-refractivity contribution is 0.0244. The number of β-amino-alcohol motifs (C(OH)–C–C–N with tert-alkyl or cyclic N) is 2. The number of sulfone groups is 2. The van der Waals surface area contributed by atoms with E-state index in [1.807, 2.05) is 58.3 Å². The standard InChI is InChI=1S/2C27H29NO5S.C7H16N2.C6H13NO.CH4/c2*29-26-20-28(16-15-23(26)19-21-7-3-1-4-8-21)17-18-34(31,32)25-13-11-24(12-14-25)33-27(30)22-9-5-2-6-10-22;1-3-9-6-4-8(2)5-7-9;1-2-7-3-5-8-6-4-7;/h2*1-14,23,26,29H,15-20H2;3-7H2,1-2H3;2-6H2,1H3;1H4/t2*23-,26-;;;/m11.../s1. The van der Waals surface area contributed by atoms with Gasteiger partial charge in [-0.05, 0) is 155 Å². The number of aliphatic hydroxyl groups excluding tert-OH is 2. The van der Waals surface area contributed by atoms with Crippen molar-refractivity contribution >= 4 is 31.6 Å². The minimum atomic E-state index is -3.50. The second-order valence-corrected chi connectivity index (χ2v) is 26.3. The number of carbonyl (C=O) groups is 2. The minimum Gasteiger partial charge on any atom is -0.423 e. The summed E-state index contributed by atoms with van der Waals surface area (Å²) in [7, 11) is -4.81. The highest BCUT2D eigenvalue weighted by atomic mass is 32.2. The Kier molecular flexibility index (Phi) is 28.5. The van der Waals surface area contributed by atoms with Gasteiger partial charge in [0, 0.05) is 65.4 Å². The molecule has 466 valence electrons. The second-order valence-electron chi connectivity index (χ2n) is 22.1. The topological polar surface area (TPSA) is 187 Å². The number of rotatable bonds is 18. The lowest BCUT2D eigenvalue weighted by Crippen LogP contribution is -2.46. The molecule has 4 fully saturated rings. The largest absolute Gasteiger partial charge is 0.423 e. The molecule has 10 rings (SSSR count). The summed E-state index contributed by atoms with van der Waals surface area (Å²) >= 11 is 0. The molecule has 16 nitrogen and oxygen atoms in total. The monoisotopic (exact) mass is 1220 g/mol. The van der Waals surface area contributed by atoms with Gasteiger partial charge in [0.25, 0.3) is 0 Å². The van der Waals surface area contributed by atoms with E-state index in [-0.39, 0.29) is 52.1 Å². The molecule has 86 heavy (non-hydrogen) atoms. The molecule has 0 spiro atoms. The van der Waals surface area contributed by atoms with Crippen molar-refractivity contribution in [3.8, 4) is 11.5 Å². The van der Waals surface area contributed by atoms with E-state index in [9.17, 15) is 36.6 Å². The van der Waals surface area contributed by atoms with Gasteiger partial charge in [-0.1, -0.05) is 118 Å². The maximum atomic E-state index is 12.8. The number of morpholine rings is 1. The van der Waals surface area contributed by atoms with Crippen LogP contribution in [0.5, 0.6) is 11.5 Å². The van der Waals surface area contributed by atoms with Crippen molar-refractivity contribution in [1.29, 1.82) is 0 Å². The first-order valence-corrected chi connectivity index (χ1v) is 33.2.